The van der Waals surface area contributed by atoms with Gasteiger partial charge in [-0.1, -0.05) is 17.7 Å². The number of phenols is 1. The summed E-state index contributed by atoms with van der Waals surface area (Å²) in [5.74, 6) is -0.590. The van der Waals surface area contributed by atoms with Crippen molar-refractivity contribution in [2.45, 2.75) is 6.42 Å². The lowest BCUT2D eigenvalue weighted by atomic mass is 10.2. The van der Waals surface area contributed by atoms with Crippen molar-refractivity contribution in [3.8, 4) is 5.75 Å². The molecule has 15 heavy (non-hydrogen) atoms. The minimum atomic E-state index is -0.330. The van der Waals surface area contributed by atoms with Crippen LogP contribution in [0, 0.1) is 0 Å². The normalized spacial score (nSPS) is 16.2. The molecular formula is C10H8ClNO3. The summed E-state index contributed by atoms with van der Waals surface area (Å²) in [6, 6.07) is 4.56. The van der Waals surface area contributed by atoms with Gasteiger partial charge in [0, 0.05) is 0 Å². The summed E-state index contributed by atoms with van der Waals surface area (Å²) in [6.45, 7) is -0.0177. The number of halogens is 1. The topological polar surface area (TPSA) is 57.6 Å². The van der Waals surface area contributed by atoms with E-state index in [2.05, 4.69) is 0 Å². The van der Waals surface area contributed by atoms with Crippen molar-refractivity contribution in [2.75, 3.05) is 11.4 Å². The van der Waals surface area contributed by atoms with E-state index in [4.69, 9.17) is 11.6 Å². The summed E-state index contributed by atoms with van der Waals surface area (Å²) >= 11 is 5.86. The molecule has 0 unspecified atom stereocenters. The zero-order valence-electron chi connectivity index (χ0n) is 7.74. The number of benzene rings is 1. The van der Waals surface area contributed by atoms with Crippen LogP contribution in [0.5, 0.6) is 5.75 Å². The van der Waals surface area contributed by atoms with Crippen molar-refractivity contribution >= 4 is 29.0 Å². The number of aromatic hydroxyl groups is 1. The quantitative estimate of drug-likeness (QED) is 0.734. The van der Waals surface area contributed by atoms with Crippen LogP contribution in [0.2, 0.25) is 5.02 Å². The molecule has 1 aliphatic rings. The van der Waals surface area contributed by atoms with E-state index in [0.717, 1.165) is 0 Å². The van der Waals surface area contributed by atoms with E-state index in [9.17, 15) is 14.7 Å². The molecule has 0 spiro atoms. The molecule has 0 aliphatic carbocycles. The highest BCUT2D eigenvalue weighted by molar-refractivity contribution is 6.34. The molecule has 0 atom stereocenters. The summed E-state index contributed by atoms with van der Waals surface area (Å²) < 4.78 is 0. The highest BCUT2D eigenvalue weighted by Gasteiger charge is 2.31. The molecule has 0 radical (unpaired) electrons. The van der Waals surface area contributed by atoms with Gasteiger partial charge in [0.05, 0.1) is 18.0 Å². The second-order valence-corrected chi connectivity index (χ2v) is 3.71. The first-order valence-corrected chi connectivity index (χ1v) is 4.77. The number of Topliss-reactive ketones (excluding diaryl/α,β-unsaturated/α-hetero) is 1. The summed E-state index contributed by atoms with van der Waals surface area (Å²) in [5, 5.41) is 9.83. The van der Waals surface area contributed by atoms with Gasteiger partial charge in [0.25, 0.3) is 0 Å². The zero-order chi connectivity index (χ0) is 11.0. The van der Waals surface area contributed by atoms with Crippen molar-refractivity contribution in [2.24, 2.45) is 0 Å². The van der Waals surface area contributed by atoms with Crippen molar-refractivity contribution in [1.82, 2.24) is 0 Å². The van der Waals surface area contributed by atoms with Crippen LogP contribution in [0.15, 0.2) is 18.2 Å². The Balaban J connectivity index is 2.46. The van der Waals surface area contributed by atoms with Gasteiger partial charge >= 0.3 is 0 Å². The number of nitrogens with zero attached hydrogens (tertiary/aromatic N) is 1. The molecule has 0 bridgehead atoms. The predicted molar refractivity (Wildman–Crippen MR) is 55.1 cm³/mol. The second-order valence-electron chi connectivity index (χ2n) is 3.30. The Kier molecular flexibility index (Phi) is 2.36. The van der Waals surface area contributed by atoms with Gasteiger partial charge in [0.2, 0.25) is 5.91 Å². The second kappa shape index (κ2) is 3.55. The molecular weight excluding hydrogens is 218 g/mol. The fourth-order valence-electron chi connectivity index (χ4n) is 1.56. The summed E-state index contributed by atoms with van der Waals surface area (Å²) in [5.41, 5.74) is 0.218. The zero-order valence-corrected chi connectivity index (χ0v) is 8.49. The molecule has 1 aromatic carbocycles. The van der Waals surface area contributed by atoms with Crippen LogP contribution >= 0.6 is 11.6 Å². The SMILES string of the molecule is O=C1CC(=O)N(c2c(O)cccc2Cl)C1. The fraction of sp³-hybridized carbons (Fsp3) is 0.200. The van der Waals surface area contributed by atoms with Crippen LogP contribution in [0.25, 0.3) is 0 Å². The minimum absolute atomic E-state index is 0.0177. The number of carbonyl (C=O) groups excluding carboxylic acids is 2. The highest BCUT2D eigenvalue weighted by Crippen LogP contribution is 2.36. The van der Waals surface area contributed by atoms with Gasteiger partial charge in [-0.05, 0) is 12.1 Å². The van der Waals surface area contributed by atoms with Gasteiger partial charge in [-0.15, -0.1) is 0 Å². The molecule has 0 saturated carbocycles. The van der Waals surface area contributed by atoms with Gasteiger partial charge in [0.15, 0.2) is 5.78 Å². The number of hydrogen-bond donors (Lipinski definition) is 1. The number of carbonyl (C=O) groups is 2. The monoisotopic (exact) mass is 225 g/mol. The van der Waals surface area contributed by atoms with E-state index < -0.39 is 0 Å². The Hall–Kier alpha value is -1.55. The van der Waals surface area contributed by atoms with Gasteiger partial charge in [0.1, 0.15) is 11.4 Å². The molecule has 5 heteroatoms. The van der Waals surface area contributed by atoms with E-state index in [0.29, 0.717) is 0 Å². The third-order valence-corrected chi connectivity index (χ3v) is 2.52. The number of amides is 1. The van der Waals surface area contributed by atoms with Crippen molar-refractivity contribution in [3.05, 3.63) is 23.2 Å². The Morgan fingerprint density at radius 1 is 1.33 bits per heavy atom. The molecule has 0 aromatic heterocycles. The van der Waals surface area contributed by atoms with Crippen LogP contribution in [0.4, 0.5) is 5.69 Å². The average molecular weight is 226 g/mol. The smallest absolute Gasteiger partial charge is 0.235 e. The maximum atomic E-state index is 11.4. The van der Waals surface area contributed by atoms with Crippen molar-refractivity contribution < 1.29 is 14.7 Å². The number of phenolic OH excluding ortho intramolecular Hbond substituents is 1. The largest absolute Gasteiger partial charge is 0.506 e. The van der Waals surface area contributed by atoms with E-state index in [1.54, 1.807) is 12.1 Å². The van der Waals surface area contributed by atoms with Crippen LogP contribution in [0.3, 0.4) is 0 Å². The third-order valence-electron chi connectivity index (χ3n) is 2.22. The molecule has 4 nitrogen and oxygen atoms in total. The van der Waals surface area contributed by atoms with Crippen molar-refractivity contribution in [3.63, 3.8) is 0 Å². The molecule has 1 amide bonds. The Morgan fingerprint density at radius 2 is 2.07 bits per heavy atom. The lowest BCUT2D eigenvalue weighted by molar-refractivity contribution is -0.121. The predicted octanol–water partition coefficient (Wildman–Crippen LogP) is 1.35. The Labute approximate surface area is 91.1 Å². The Bertz CT molecular complexity index is 424. The molecule has 1 heterocycles. The Morgan fingerprint density at radius 3 is 2.60 bits per heavy atom. The first kappa shape index (κ1) is 9.98. The average Bonchev–Trinajstić information content (AvgIpc) is 2.45. The number of para-hydroxylation sites is 1. The first-order chi connectivity index (χ1) is 7.09. The fourth-order valence-corrected chi connectivity index (χ4v) is 1.83. The lowest BCUT2D eigenvalue weighted by Crippen LogP contribution is -2.24. The standard InChI is InChI=1S/C10H8ClNO3/c11-7-2-1-3-8(14)10(7)12-5-6(13)4-9(12)15/h1-3,14H,4-5H2. The molecule has 2 rings (SSSR count). The number of ketones is 1. The molecule has 1 aliphatic heterocycles. The van der Waals surface area contributed by atoms with Crippen LogP contribution in [-0.4, -0.2) is 23.3 Å². The van der Waals surface area contributed by atoms with Gasteiger partial charge < -0.3 is 5.11 Å². The summed E-state index contributed by atoms with van der Waals surface area (Å²) in [4.78, 5) is 23.7. The first-order valence-electron chi connectivity index (χ1n) is 4.39. The number of anilines is 1. The van der Waals surface area contributed by atoms with E-state index in [1.165, 1.54) is 11.0 Å². The van der Waals surface area contributed by atoms with Crippen LogP contribution < -0.4 is 4.90 Å². The third kappa shape index (κ3) is 1.68. The van der Waals surface area contributed by atoms with Crippen LogP contribution in [-0.2, 0) is 9.59 Å². The number of hydrogen-bond acceptors (Lipinski definition) is 3. The van der Waals surface area contributed by atoms with Gasteiger partial charge in [-0.2, -0.15) is 0 Å². The van der Waals surface area contributed by atoms with E-state index in [1.807, 2.05) is 0 Å². The summed E-state index contributed by atoms with van der Waals surface area (Å²) in [7, 11) is 0. The van der Waals surface area contributed by atoms with Crippen molar-refractivity contribution in [1.29, 1.82) is 0 Å². The lowest BCUT2D eigenvalue weighted by Gasteiger charge is -2.17. The molecule has 1 saturated heterocycles. The van der Waals surface area contributed by atoms with E-state index >= 15 is 0 Å². The minimum Gasteiger partial charge on any atom is -0.506 e. The molecule has 1 aromatic rings. The molecule has 1 fully saturated rings. The maximum absolute atomic E-state index is 11.4. The number of rotatable bonds is 1. The molecule has 1 N–H and O–H groups in total. The van der Waals surface area contributed by atoms with Gasteiger partial charge in [-0.3, -0.25) is 14.5 Å². The molecule has 78 valence electrons. The summed E-state index contributed by atoms with van der Waals surface area (Å²) in [6.07, 6.45) is -0.120. The van der Waals surface area contributed by atoms with Gasteiger partial charge in [-0.25, -0.2) is 0 Å². The maximum Gasteiger partial charge on any atom is 0.235 e. The highest BCUT2D eigenvalue weighted by atomic mass is 35.5. The van der Waals surface area contributed by atoms with E-state index in [-0.39, 0.29) is 41.1 Å². The van der Waals surface area contributed by atoms with Crippen LogP contribution in [0.1, 0.15) is 6.42 Å².